The Hall–Kier alpha value is -1.42. The second-order valence-corrected chi connectivity index (χ2v) is 3.78. The Morgan fingerprint density at radius 2 is 1.76 bits per heavy atom. The second kappa shape index (κ2) is 8.70. The van der Waals surface area contributed by atoms with Crippen LogP contribution in [0.4, 0.5) is 0 Å². The van der Waals surface area contributed by atoms with Crippen LogP contribution in [0.1, 0.15) is 33.6 Å². The molecule has 0 rings (SSSR count). The molecule has 0 aliphatic heterocycles. The lowest BCUT2D eigenvalue weighted by atomic mass is 10.1. The summed E-state index contributed by atoms with van der Waals surface area (Å²) in [6, 6.07) is 0. The first-order valence-electron chi connectivity index (χ1n) is 5.61. The highest BCUT2D eigenvalue weighted by molar-refractivity contribution is 7.80. The number of hydrogen-bond donors (Lipinski definition) is 2. The maximum absolute atomic E-state index is 10.8. The maximum atomic E-state index is 10.8. The molecular weight excluding hydrogens is 234 g/mol. The Morgan fingerprint density at radius 3 is 2.18 bits per heavy atom. The highest BCUT2D eigenvalue weighted by Crippen LogP contribution is 2.07. The molecule has 17 heavy (non-hydrogen) atoms. The number of allylic oxidation sites excluding steroid dienone is 3. The van der Waals surface area contributed by atoms with Crippen LogP contribution in [0.25, 0.3) is 0 Å². The van der Waals surface area contributed by atoms with E-state index in [0.29, 0.717) is 17.0 Å². The molecule has 0 aromatic heterocycles. The summed E-state index contributed by atoms with van der Waals surface area (Å²) in [4.78, 5) is 11.4. The van der Waals surface area contributed by atoms with Crippen molar-refractivity contribution in [3.05, 3.63) is 35.6 Å². The zero-order valence-electron chi connectivity index (χ0n) is 10.5. The summed E-state index contributed by atoms with van der Waals surface area (Å²) in [5, 5.41) is 11.8. The van der Waals surface area contributed by atoms with Crippen molar-refractivity contribution in [3.8, 4) is 0 Å². The van der Waals surface area contributed by atoms with Crippen LogP contribution in [0, 0.1) is 0 Å². The Labute approximate surface area is 108 Å². The minimum Gasteiger partial charge on any atom is -0.478 e. The zero-order valence-corrected chi connectivity index (χ0v) is 11.3. The first-order chi connectivity index (χ1) is 8.06. The summed E-state index contributed by atoms with van der Waals surface area (Å²) < 4.78 is 0. The quantitative estimate of drug-likeness (QED) is 0.433. The van der Waals surface area contributed by atoms with Crippen molar-refractivity contribution >= 4 is 23.2 Å². The number of carboxylic acid groups (broad SMARTS) is 1. The molecular formula is C13H19NO2S. The largest absolute Gasteiger partial charge is 0.478 e. The molecule has 0 aliphatic rings. The summed E-state index contributed by atoms with van der Waals surface area (Å²) in [7, 11) is 0. The monoisotopic (exact) mass is 253 g/mol. The van der Waals surface area contributed by atoms with Gasteiger partial charge in [-0.05, 0) is 31.5 Å². The Balaban J connectivity index is 4.86. The van der Waals surface area contributed by atoms with E-state index in [2.05, 4.69) is 5.32 Å². The van der Waals surface area contributed by atoms with E-state index >= 15 is 0 Å². The van der Waals surface area contributed by atoms with Crippen LogP contribution in [0.3, 0.4) is 0 Å². The van der Waals surface area contributed by atoms with Gasteiger partial charge in [-0.15, -0.1) is 0 Å². The van der Waals surface area contributed by atoms with Gasteiger partial charge in [0.1, 0.15) is 4.99 Å². The van der Waals surface area contributed by atoms with Crippen molar-refractivity contribution in [1.29, 1.82) is 0 Å². The maximum Gasteiger partial charge on any atom is 0.331 e. The number of hydrogen-bond acceptors (Lipinski definition) is 2. The number of thiocarbonyl (C=S) groups is 1. The van der Waals surface area contributed by atoms with Gasteiger partial charge in [-0.2, -0.15) is 0 Å². The molecule has 4 heteroatoms. The smallest absolute Gasteiger partial charge is 0.331 e. The van der Waals surface area contributed by atoms with Gasteiger partial charge >= 0.3 is 5.97 Å². The fourth-order valence-electron chi connectivity index (χ4n) is 1.15. The van der Waals surface area contributed by atoms with E-state index in [0.717, 1.165) is 12.0 Å². The third-order valence-corrected chi connectivity index (χ3v) is 2.57. The molecule has 0 fully saturated rings. The van der Waals surface area contributed by atoms with Crippen molar-refractivity contribution < 1.29 is 9.90 Å². The predicted molar refractivity (Wildman–Crippen MR) is 74.9 cm³/mol. The normalized spacial score (nSPS) is 12.9. The zero-order chi connectivity index (χ0) is 13.3. The van der Waals surface area contributed by atoms with Gasteiger partial charge in [0, 0.05) is 5.57 Å². The molecule has 0 saturated carbocycles. The molecule has 0 aromatic rings. The van der Waals surface area contributed by atoms with E-state index in [1.807, 2.05) is 26.8 Å². The second-order valence-electron chi connectivity index (χ2n) is 3.37. The van der Waals surface area contributed by atoms with Crippen LogP contribution in [0.5, 0.6) is 0 Å². The van der Waals surface area contributed by atoms with Crippen molar-refractivity contribution in [1.82, 2.24) is 5.32 Å². The Bertz CT molecular complexity index is 368. The van der Waals surface area contributed by atoms with E-state index in [1.54, 1.807) is 18.4 Å². The van der Waals surface area contributed by atoms with Crippen molar-refractivity contribution in [3.63, 3.8) is 0 Å². The average Bonchev–Trinajstić information content (AvgIpc) is 2.31. The first-order valence-corrected chi connectivity index (χ1v) is 6.02. The highest BCUT2D eigenvalue weighted by atomic mass is 32.1. The Morgan fingerprint density at radius 1 is 1.24 bits per heavy atom. The number of rotatable bonds is 6. The van der Waals surface area contributed by atoms with Gasteiger partial charge in [-0.25, -0.2) is 4.79 Å². The lowest BCUT2D eigenvalue weighted by Gasteiger charge is -2.05. The number of carbonyl (C=O) groups is 1. The van der Waals surface area contributed by atoms with Gasteiger partial charge in [0.05, 0.1) is 0 Å². The summed E-state index contributed by atoms with van der Waals surface area (Å²) >= 11 is 5.19. The molecule has 3 nitrogen and oxygen atoms in total. The molecule has 0 aliphatic carbocycles. The van der Waals surface area contributed by atoms with Crippen LogP contribution in [-0.4, -0.2) is 16.1 Å². The van der Waals surface area contributed by atoms with Gasteiger partial charge in [0.2, 0.25) is 0 Å². The molecule has 0 atom stereocenters. The lowest BCUT2D eigenvalue weighted by molar-refractivity contribution is -0.132. The number of carboxylic acids is 1. The van der Waals surface area contributed by atoms with Crippen LogP contribution < -0.4 is 5.32 Å². The van der Waals surface area contributed by atoms with Crippen molar-refractivity contribution in [2.24, 2.45) is 0 Å². The van der Waals surface area contributed by atoms with Gasteiger partial charge in [0.15, 0.2) is 0 Å². The molecule has 0 heterocycles. The third-order valence-electron chi connectivity index (χ3n) is 2.19. The topological polar surface area (TPSA) is 49.3 Å². The standard InChI is InChI=1S/C13H19NO2S/c1-4-9-14-12(17)10(5-2)7-8-11(6-3)13(15)16/h4,7-9H,5-6H2,1-3H3,(H,14,17)(H,15,16)/b9-4+,10-7+,11-8+. The van der Waals surface area contributed by atoms with E-state index in [-0.39, 0.29) is 0 Å². The number of nitrogens with one attached hydrogen (secondary N) is 1. The van der Waals surface area contributed by atoms with Gasteiger partial charge in [0.25, 0.3) is 0 Å². The minimum absolute atomic E-state index is 0.379. The average molecular weight is 253 g/mol. The van der Waals surface area contributed by atoms with E-state index in [1.165, 1.54) is 0 Å². The van der Waals surface area contributed by atoms with E-state index in [9.17, 15) is 4.79 Å². The summed E-state index contributed by atoms with van der Waals surface area (Å²) in [5.41, 5.74) is 1.30. The van der Waals surface area contributed by atoms with Gasteiger partial charge < -0.3 is 10.4 Å². The van der Waals surface area contributed by atoms with Crippen LogP contribution >= 0.6 is 12.2 Å². The highest BCUT2D eigenvalue weighted by Gasteiger charge is 2.04. The van der Waals surface area contributed by atoms with E-state index in [4.69, 9.17) is 17.3 Å². The van der Waals surface area contributed by atoms with Crippen molar-refractivity contribution in [2.75, 3.05) is 0 Å². The molecule has 0 unspecified atom stereocenters. The van der Waals surface area contributed by atoms with Crippen LogP contribution in [0.15, 0.2) is 35.6 Å². The molecule has 0 amide bonds. The molecule has 94 valence electrons. The van der Waals surface area contributed by atoms with Gasteiger partial charge in [-0.1, -0.05) is 44.3 Å². The fraction of sp³-hybridized carbons (Fsp3) is 0.385. The minimum atomic E-state index is -0.883. The SMILES string of the molecule is C/C=C/NC(=S)/C(=C/C=C(\CC)C(=O)O)CC. The van der Waals surface area contributed by atoms with Crippen molar-refractivity contribution in [2.45, 2.75) is 33.6 Å². The Kier molecular flexibility index (Phi) is 7.97. The van der Waals surface area contributed by atoms with Gasteiger partial charge in [-0.3, -0.25) is 0 Å². The lowest BCUT2D eigenvalue weighted by Crippen LogP contribution is -2.16. The summed E-state index contributed by atoms with van der Waals surface area (Å²) in [5.74, 6) is -0.883. The molecule has 0 spiro atoms. The third kappa shape index (κ3) is 6.02. The first kappa shape index (κ1) is 15.6. The summed E-state index contributed by atoms with van der Waals surface area (Å²) in [6.07, 6.45) is 8.25. The van der Waals surface area contributed by atoms with E-state index < -0.39 is 5.97 Å². The van der Waals surface area contributed by atoms with Crippen LogP contribution in [0.2, 0.25) is 0 Å². The van der Waals surface area contributed by atoms with Crippen LogP contribution in [-0.2, 0) is 4.79 Å². The number of aliphatic carboxylic acids is 1. The molecule has 0 bridgehead atoms. The predicted octanol–water partition coefficient (Wildman–Crippen LogP) is 3.19. The molecule has 0 saturated heterocycles. The molecule has 0 radical (unpaired) electrons. The molecule has 0 aromatic carbocycles. The summed E-state index contributed by atoms with van der Waals surface area (Å²) in [6.45, 7) is 5.69. The fourth-order valence-corrected chi connectivity index (χ4v) is 1.43. The molecule has 2 N–H and O–H groups in total.